The number of fused-ring (bicyclic) bond motifs is 1. The number of urea groups is 1. The van der Waals surface area contributed by atoms with Crippen LogP contribution >= 0.6 is 12.4 Å². The Bertz CT molecular complexity index is 885. The van der Waals surface area contributed by atoms with Crippen molar-refractivity contribution in [2.45, 2.75) is 39.7 Å². The molecule has 2 aromatic rings. The van der Waals surface area contributed by atoms with Crippen molar-refractivity contribution < 1.29 is 9.59 Å². The van der Waals surface area contributed by atoms with Crippen LogP contribution in [-0.4, -0.2) is 24.5 Å². The van der Waals surface area contributed by atoms with Gasteiger partial charge in [0.2, 0.25) is 5.91 Å². The Morgan fingerprint density at radius 1 is 1.18 bits per heavy atom. The second kappa shape index (κ2) is 8.97. The number of nitrogens with zero attached hydrogens (tertiary/aromatic N) is 1. The van der Waals surface area contributed by atoms with E-state index in [1.54, 1.807) is 6.92 Å². The number of nitrogen functional groups attached to an aromatic ring is 1. The van der Waals surface area contributed by atoms with Crippen molar-refractivity contribution in [3.05, 3.63) is 53.1 Å². The molecule has 1 heterocycles. The first kappa shape index (κ1) is 21.6. The molecule has 4 N–H and O–H groups in total. The van der Waals surface area contributed by atoms with Gasteiger partial charge in [-0.3, -0.25) is 10.1 Å². The summed E-state index contributed by atoms with van der Waals surface area (Å²) in [4.78, 5) is 26.9. The average molecular weight is 403 g/mol. The third-order valence-corrected chi connectivity index (χ3v) is 5.04. The predicted molar refractivity (Wildman–Crippen MR) is 116 cm³/mol. The molecule has 3 amide bonds. The second-order valence-corrected chi connectivity index (χ2v) is 7.08. The second-order valence-electron chi connectivity index (χ2n) is 7.08. The molecule has 2 aromatic carbocycles. The molecule has 28 heavy (non-hydrogen) atoms. The van der Waals surface area contributed by atoms with E-state index in [0.717, 1.165) is 47.5 Å². The highest BCUT2D eigenvalue weighted by molar-refractivity contribution is 6.04. The standard InChI is InChI=1S/C21H26N4O2.ClH/c1-13-9-10-18(14(2)12-13)23-21(27)24-20(26)15(3)25-11-5-6-16-17(22)7-4-8-19(16)25;/h4,7-10,12,15H,5-6,11,22H2,1-3H3,(H2,23,24,26,27);1H. The molecule has 0 aromatic heterocycles. The number of imide groups is 1. The molecule has 0 spiro atoms. The fraction of sp³-hybridized carbons (Fsp3) is 0.333. The summed E-state index contributed by atoms with van der Waals surface area (Å²) in [5, 5.41) is 5.20. The van der Waals surface area contributed by atoms with E-state index in [4.69, 9.17) is 5.73 Å². The highest BCUT2D eigenvalue weighted by atomic mass is 35.5. The van der Waals surface area contributed by atoms with Gasteiger partial charge in [-0.25, -0.2) is 4.79 Å². The normalized spacial score (nSPS) is 13.8. The van der Waals surface area contributed by atoms with E-state index >= 15 is 0 Å². The largest absolute Gasteiger partial charge is 0.398 e. The number of anilines is 3. The molecule has 0 bridgehead atoms. The van der Waals surface area contributed by atoms with E-state index in [2.05, 4.69) is 10.6 Å². The lowest BCUT2D eigenvalue weighted by molar-refractivity contribution is -0.120. The summed E-state index contributed by atoms with van der Waals surface area (Å²) in [6.45, 7) is 6.47. The lowest BCUT2D eigenvalue weighted by atomic mass is 9.98. The zero-order chi connectivity index (χ0) is 19.6. The van der Waals surface area contributed by atoms with Crippen LogP contribution in [0.15, 0.2) is 36.4 Å². The van der Waals surface area contributed by atoms with Crippen LogP contribution in [0.25, 0.3) is 0 Å². The van der Waals surface area contributed by atoms with Crippen molar-refractivity contribution in [3.63, 3.8) is 0 Å². The van der Waals surface area contributed by atoms with Crippen molar-refractivity contribution in [1.29, 1.82) is 0 Å². The zero-order valence-electron chi connectivity index (χ0n) is 16.4. The molecule has 6 nitrogen and oxygen atoms in total. The van der Waals surface area contributed by atoms with Gasteiger partial charge in [0.1, 0.15) is 6.04 Å². The van der Waals surface area contributed by atoms with Crippen LogP contribution in [0.1, 0.15) is 30.0 Å². The summed E-state index contributed by atoms with van der Waals surface area (Å²) < 4.78 is 0. The molecular formula is C21H27ClN4O2. The monoisotopic (exact) mass is 402 g/mol. The lowest BCUT2D eigenvalue weighted by Crippen LogP contribution is -2.49. The van der Waals surface area contributed by atoms with Gasteiger partial charge >= 0.3 is 6.03 Å². The minimum atomic E-state index is -0.524. The third kappa shape index (κ3) is 4.57. The number of amides is 3. The van der Waals surface area contributed by atoms with E-state index in [1.807, 2.05) is 55.1 Å². The molecule has 1 unspecified atom stereocenters. The van der Waals surface area contributed by atoms with E-state index in [0.29, 0.717) is 5.69 Å². The van der Waals surface area contributed by atoms with Gasteiger partial charge in [-0.15, -0.1) is 12.4 Å². The minimum Gasteiger partial charge on any atom is -0.398 e. The first-order chi connectivity index (χ1) is 12.9. The van der Waals surface area contributed by atoms with Crippen LogP contribution in [0.2, 0.25) is 0 Å². The molecule has 1 atom stereocenters. The predicted octanol–water partition coefficient (Wildman–Crippen LogP) is 3.80. The SMILES string of the molecule is Cc1ccc(NC(=O)NC(=O)C(C)N2CCCc3c(N)cccc32)c(C)c1.Cl. The fourth-order valence-corrected chi connectivity index (χ4v) is 3.55. The van der Waals surface area contributed by atoms with Gasteiger partial charge in [0, 0.05) is 23.6 Å². The number of rotatable bonds is 3. The van der Waals surface area contributed by atoms with Gasteiger partial charge in [0.15, 0.2) is 0 Å². The molecule has 0 radical (unpaired) electrons. The Balaban J connectivity index is 0.00000280. The van der Waals surface area contributed by atoms with Crippen LogP contribution in [-0.2, 0) is 11.2 Å². The Kier molecular flexibility index (Phi) is 6.91. The maximum absolute atomic E-state index is 12.6. The summed E-state index contributed by atoms with van der Waals surface area (Å²) >= 11 is 0. The molecule has 150 valence electrons. The number of carbonyl (C=O) groups excluding carboxylic acids is 2. The van der Waals surface area contributed by atoms with Gasteiger partial charge in [-0.2, -0.15) is 0 Å². The van der Waals surface area contributed by atoms with Crippen molar-refractivity contribution >= 4 is 41.4 Å². The molecule has 0 fully saturated rings. The molecule has 1 aliphatic heterocycles. The number of nitrogens with one attached hydrogen (secondary N) is 2. The maximum Gasteiger partial charge on any atom is 0.325 e. The van der Waals surface area contributed by atoms with Crippen LogP contribution < -0.4 is 21.3 Å². The quantitative estimate of drug-likeness (QED) is 0.681. The van der Waals surface area contributed by atoms with E-state index in [1.165, 1.54) is 0 Å². The van der Waals surface area contributed by atoms with Crippen molar-refractivity contribution in [2.75, 3.05) is 22.5 Å². The summed E-state index contributed by atoms with van der Waals surface area (Å²) in [6.07, 6.45) is 1.83. The zero-order valence-corrected chi connectivity index (χ0v) is 17.2. The summed E-state index contributed by atoms with van der Waals surface area (Å²) in [5.74, 6) is -0.340. The first-order valence-electron chi connectivity index (χ1n) is 9.20. The Morgan fingerprint density at radius 3 is 2.64 bits per heavy atom. The van der Waals surface area contributed by atoms with E-state index < -0.39 is 12.1 Å². The summed E-state index contributed by atoms with van der Waals surface area (Å²) in [5.41, 5.74) is 11.6. The van der Waals surface area contributed by atoms with Gasteiger partial charge in [0.05, 0.1) is 0 Å². The minimum absolute atomic E-state index is 0. The summed E-state index contributed by atoms with van der Waals surface area (Å²) in [6, 6.07) is 10.5. The smallest absolute Gasteiger partial charge is 0.325 e. The average Bonchev–Trinajstić information content (AvgIpc) is 2.63. The van der Waals surface area contributed by atoms with Crippen molar-refractivity contribution in [3.8, 4) is 0 Å². The lowest BCUT2D eigenvalue weighted by Gasteiger charge is -2.35. The van der Waals surface area contributed by atoms with Gasteiger partial charge < -0.3 is 16.0 Å². The highest BCUT2D eigenvalue weighted by Gasteiger charge is 2.27. The van der Waals surface area contributed by atoms with E-state index in [-0.39, 0.29) is 18.3 Å². The highest BCUT2D eigenvalue weighted by Crippen LogP contribution is 2.32. The van der Waals surface area contributed by atoms with Crippen LogP contribution in [0.3, 0.4) is 0 Å². The van der Waals surface area contributed by atoms with Gasteiger partial charge in [0.25, 0.3) is 0 Å². The molecule has 7 heteroatoms. The Hall–Kier alpha value is -2.73. The number of halogens is 1. The number of aryl methyl sites for hydroxylation is 2. The van der Waals surface area contributed by atoms with Crippen LogP contribution in [0.5, 0.6) is 0 Å². The Labute approximate surface area is 171 Å². The van der Waals surface area contributed by atoms with Crippen molar-refractivity contribution in [2.24, 2.45) is 0 Å². The van der Waals surface area contributed by atoms with Crippen LogP contribution in [0.4, 0.5) is 21.9 Å². The molecular weight excluding hydrogens is 376 g/mol. The van der Waals surface area contributed by atoms with E-state index in [9.17, 15) is 9.59 Å². The fourth-order valence-electron chi connectivity index (χ4n) is 3.55. The number of hydrogen-bond donors (Lipinski definition) is 3. The maximum atomic E-state index is 12.6. The number of benzene rings is 2. The number of hydrogen-bond acceptors (Lipinski definition) is 4. The Morgan fingerprint density at radius 2 is 1.93 bits per heavy atom. The topological polar surface area (TPSA) is 87.5 Å². The van der Waals surface area contributed by atoms with Gasteiger partial charge in [-0.05, 0) is 62.9 Å². The first-order valence-corrected chi connectivity index (χ1v) is 9.20. The van der Waals surface area contributed by atoms with Crippen LogP contribution in [0, 0.1) is 13.8 Å². The molecule has 3 rings (SSSR count). The number of nitrogens with two attached hydrogens (primary N) is 1. The molecule has 0 saturated heterocycles. The van der Waals surface area contributed by atoms with Crippen molar-refractivity contribution in [1.82, 2.24) is 5.32 Å². The molecule has 1 aliphatic rings. The molecule has 0 aliphatic carbocycles. The number of carbonyl (C=O) groups is 2. The third-order valence-electron chi connectivity index (χ3n) is 5.04. The van der Waals surface area contributed by atoms with Gasteiger partial charge in [-0.1, -0.05) is 23.8 Å². The summed E-state index contributed by atoms with van der Waals surface area (Å²) in [7, 11) is 0. The molecule has 0 saturated carbocycles.